The SMILES string of the molecule is CCC(C)C(O)CNC(=O)c1conc1C1CC1. The van der Waals surface area contributed by atoms with Crippen LogP contribution >= 0.6 is 0 Å². The highest BCUT2D eigenvalue weighted by Crippen LogP contribution is 2.40. The molecule has 5 nitrogen and oxygen atoms in total. The highest BCUT2D eigenvalue weighted by atomic mass is 16.5. The van der Waals surface area contributed by atoms with Crippen LogP contribution in [0.5, 0.6) is 0 Å². The minimum Gasteiger partial charge on any atom is -0.391 e. The third-order valence-electron chi connectivity index (χ3n) is 3.58. The molecule has 1 fully saturated rings. The lowest BCUT2D eigenvalue weighted by Gasteiger charge is -2.17. The number of carbonyl (C=O) groups is 1. The Morgan fingerprint density at radius 3 is 3.00 bits per heavy atom. The number of hydrogen-bond donors (Lipinski definition) is 2. The van der Waals surface area contributed by atoms with Crippen LogP contribution in [0.15, 0.2) is 10.8 Å². The first-order chi connectivity index (χ1) is 8.63. The molecule has 0 spiro atoms. The summed E-state index contributed by atoms with van der Waals surface area (Å²) in [5, 5.41) is 16.4. The molecule has 2 N–H and O–H groups in total. The molecule has 18 heavy (non-hydrogen) atoms. The molecule has 1 aliphatic carbocycles. The summed E-state index contributed by atoms with van der Waals surface area (Å²) in [5.41, 5.74) is 1.26. The Hall–Kier alpha value is -1.36. The van der Waals surface area contributed by atoms with E-state index < -0.39 is 6.10 Å². The Labute approximate surface area is 107 Å². The fourth-order valence-electron chi connectivity index (χ4n) is 1.83. The summed E-state index contributed by atoms with van der Waals surface area (Å²) < 4.78 is 4.87. The first-order valence-electron chi connectivity index (χ1n) is 6.54. The van der Waals surface area contributed by atoms with Gasteiger partial charge in [0.15, 0.2) is 0 Å². The maximum absolute atomic E-state index is 12.0. The van der Waals surface area contributed by atoms with Crippen LogP contribution in [0.25, 0.3) is 0 Å². The van der Waals surface area contributed by atoms with Crippen LogP contribution in [0.2, 0.25) is 0 Å². The van der Waals surface area contributed by atoms with Crippen molar-refractivity contribution in [2.75, 3.05) is 6.54 Å². The quantitative estimate of drug-likeness (QED) is 0.807. The molecule has 100 valence electrons. The predicted octanol–water partition coefficient (Wildman–Crippen LogP) is 1.69. The summed E-state index contributed by atoms with van der Waals surface area (Å²) in [6.07, 6.45) is 3.91. The molecule has 1 saturated carbocycles. The second-order valence-electron chi connectivity index (χ2n) is 5.05. The van der Waals surface area contributed by atoms with E-state index in [1.165, 1.54) is 6.26 Å². The van der Waals surface area contributed by atoms with Gasteiger partial charge in [0.05, 0.1) is 11.8 Å². The Balaban J connectivity index is 1.89. The van der Waals surface area contributed by atoms with Crippen molar-refractivity contribution in [2.45, 2.75) is 45.1 Å². The number of carbonyl (C=O) groups excluding carboxylic acids is 1. The topological polar surface area (TPSA) is 75.4 Å². The zero-order chi connectivity index (χ0) is 13.1. The highest BCUT2D eigenvalue weighted by molar-refractivity contribution is 5.95. The molecule has 0 saturated heterocycles. The first-order valence-corrected chi connectivity index (χ1v) is 6.54. The molecule has 0 bridgehead atoms. The molecule has 0 radical (unpaired) electrons. The molecular formula is C13H20N2O3. The Bertz CT molecular complexity index is 412. The van der Waals surface area contributed by atoms with Gasteiger partial charge in [0.2, 0.25) is 0 Å². The average Bonchev–Trinajstić information content (AvgIpc) is 3.11. The molecular weight excluding hydrogens is 232 g/mol. The molecule has 0 aliphatic heterocycles. The van der Waals surface area contributed by atoms with Gasteiger partial charge in [-0.15, -0.1) is 0 Å². The van der Waals surface area contributed by atoms with E-state index in [2.05, 4.69) is 10.5 Å². The zero-order valence-corrected chi connectivity index (χ0v) is 10.8. The van der Waals surface area contributed by atoms with Gasteiger partial charge < -0.3 is 14.9 Å². The van der Waals surface area contributed by atoms with Gasteiger partial charge >= 0.3 is 0 Å². The summed E-state index contributed by atoms with van der Waals surface area (Å²) in [7, 11) is 0. The second-order valence-corrected chi connectivity index (χ2v) is 5.05. The number of rotatable bonds is 6. The van der Waals surface area contributed by atoms with Crippen molar-refractivity contribution in [3.63, 3.8) is 0 Å². The van der Waals surface area contributed by atoms with E-state index in [0.29, 0.717) is 11.5 Å². The summed E-state index contributed by atoms with van der Waals surface area (Å²) >= 11 is 0. The lowest BCUT2D eigenvalue weighted by molar-refractivity contribution is 0.0849. The number of amides is 1. The fourth-order valence-corrected chi connectivity index (χ4v) is 1.83. The molecule has 0 aromatic carbocycles. The van der Waals surface area contributed by atoms with Crippen molar-refractivity contribution in [3.05, 3.63) is 17.5 Å². The average molecular weight is 252 g/mol. The van der Waals surface area contributed by atoms with Gasteiger partial charge in [0, 0.05) is 12.5 Å². The molecule has 2 unspecified atom stereocenters. The number of nitrogens with zero attached hydrogens (tertiary/aromatic N) is 1. The molecule has 5 heteroatoms. The van der Waals surface area contributed by atoms with E-state index in [9.17, 15) is 9.90 Å². The maximum atomic E-state index is 12.0. The minimum absolute atomic E-state index is 0.177. The number of aliphatic hydroxyl groups excluding tert-OH is 1. The zero-order valence-electron chi connectivity index (χ0n) is 10.8. The van der Waals surface area contributed by atoms with Gasteiger partial charge in [-0.05, 0) is 18.8 Å². The van der Waals surface area contributed by atoms with E-state index in [1.54, 1.807) is 0 Å². The third-order valence-corrected chi connectivity index (χ3v) is 3.58. The molecule has 2 atom stereocenters. The van der Waals surface area contributed by atoms with Gasteiger partial charge in [-0.25, -0.2) is 0 Å². The monoisotopic (exact) mass is 252 g/mol. The Morgan fingerprint density at radius 2 is 2.39 bits per heavy atom. The lowest BCUT2D eigenvalue weighted by Crippen LogP contribution is -2.35. The smallest absolute Gasteiger partial charge is 0.256 e. The molecule has 1 aliphatic rings. The summed E-state index contributed by atoms with van der Waals surface area (Å²) in [4.78, 5) is 12.0. The van der Waals surface area contributed by atoms with Gasteiger partial charge in [0.1, 0.15) is 11.8 Å². The summed E-state index contributed by atoms with van der Waals surface area (Å²) in [6, 6.07) is 0. The molecule has 1 aromatic rings. The first kappa shape index (κ1) is 13.1. The second kappa shape index (κ2) is 5.52. The van der Waals surface area contributed by atoms with Crippen molar-refractivity contribution in [2.24, 2.45) is 5.92 Å². The molecule has 1 aromatic heterocycles. The largest absolute Gasteiger partial charge is 0.391 e. The van der Waals surface area contributed by atoms with Crippen molar-refractivity contribution in [1.29, 1.82) is 0 Å². The van der Waals surface area contributed by atoms with E-state index in [1.807, 2.05) is 13.8 Å². The van der Waals surface area contributed by atoms with E-state index in [0.717, 1.165) is 25.0 Å². The van der Waals surface area contributed by atoms with Gasteiger partial charge in [-0.2, -0.15) is 0 Å². The van der Waals surface area contributed by atoms with E-state index >= 15 is 0 Å². The maximum Gasteiger partial charge on any atom is 0.256 e. The van der Waals surface area contributed by atoms with E-state index in [-0.39, 0.29) is 18.4 Å². The number of hydrogen-bond acceptors (Lipinski definition) is 4. The van der Waals surface area contributed by atoms with Gasteiger partial charge in [-0.1, -0.05) is 25.4 Å². The lowest BCUT2D eigenvalue weighted by atomic mass is 10.0. The Kier molecular flexibility index (Phi) is 4.01. The van der Waals surface area contributed by atoms with Gasteiger partial charge in [0.25, 0.3) is 5.91 Å². The normalized spacial score (nSPS) is 18.4. The molecule has 2 rings (SSSR count). The van der Waals surface area contributed by atoms with E-state index in [4.69, 9.17) is 4.52 Å². The van der Waals surface area contributed by atoms with Crippen molar-refractivity contribution >= 4 is 5.91 Å². The predicted molar refractivity (Wildman–Crippen MR) is 66.3 cm³/mol. The van der Waals surface area contributed by atoms with Gasteiger partial charge in [-0.3, -0.25) is 4.79 Å². The van der Waals surface area contributed by atoms with Crippen LogP contribution in [-0.4, -0.2) is 28.8 Å². The number of aliphatic hydroxyl groups is 1. The minimum atomic E-state index is -0.511. The molecule has 1 heterocycles. The fraction of sp³-hybridized carbons (Fsp3) is 0.692. The van der Waals surface area contributed by atoms with Crippen molar-refractivity contribution in [1.82, 2.24) is 10.5 Å². The standard InChI is InChI=1S/C13H20N2O3/c1-3-8(2)11(16)6-14-13(17)10-7-18-15-12(10)9-4-5-9/h7-9,11,16H,3-6H2,1-2H3,(H,14,17). The summed E-state index contributed by atoms with van der Waals surface area (Å²) in [6.45, 7) is 4.25. The van der Waals surface area contributed by atoms with Crippen LogP contribution in [0, 0.1) is 5.92 Å². The third kappa shape index (κ3) is 2.90. The van der Waals surface area contributed by atoms with Crippen LogP contribution < -0.4 is 5.32 Å². The van der Waals surface area contributed by atoms with Crippen LogP contribution in [0.4, 0.5) is 0 Å². The van der Waals surface area contributed by atoms with Crippen molar-refractivity contribution in [3.8, 4) is 0 Å². The number of nitrogens with one attached hydrogen (secondary N) is 1. The van der Waals surface area contributed by atoms with Crippen LogP contribution in [0.3, 0.4) is 0 Å². The summed E-state index contributed by atoms with van der Waals surface area (Å²) in [5.74, 6) is 0.347. The highest BCUT2D eigenvalue weighted by Gasteiger charge is 2.31. The number of aromatic nitrogens is 1. The molecule has 1 amide bonds. The Morgan fingerprint density at radius 1 is 1.67 bits per heavy atom. The van der Waals surface area contributed by atoms with Crippen LogP contribution in [-0.2, 0) is 0 Å². The van der Waals surface area contributed by atoms with Crippen molar-refractivity contribution < 1.29 is 14.4 Å². The van der Waals surface area contributed by atoms with Crippen LogP contribution in [0.1, 0.15) is 55.1 Å².